The summed E-state index contributed by atoms with van der Waals surface area (Å²) >= 11 is 0. The van der Waals surface area contributed by atoms with Gasteiger partial charge >= 0.3 is 5.97 Å². The maximum Gasteiger partial charge on any atom is 0.325 e. The quantitative estimate of drug-likeness (QED) is 0.869. The van der Waals surface area contributed by atoms with E-state index in [9.17, 15) is 9.59 Å². The molecular weight excluding hydrogens is 258 g/mol. The topological polar surface area (TPSA) is 84.2 Å². The summed E-state index contributed by atoms with van der Waals surface area (Å²) < 4.78 is 1.25. The van der Waals surface area contributed by atoms with Gasteiger partial charge in [0.1, 0.15) is 6.54 Å². The second kappa shape index (κ2) is 6.01. The molecule has 6 heteroatoms. The van der Waals surface area contributed by atoms with E-state index in [-0.39, 0.29) is 12.5 Å². The number of hydrogen-bond donors (Lipinski definition) is 2. The summed E-state index contributed by atoms with van der Waals surface area (Å²) in [5, 5.41) is 15.2. The number of amides is 1. The Kier molecular flexibility index (Phi) is 4.14. The van der Waals surface area contributed by atoms with Gasteiger partial charge in [-0.05, 0) is 18.1 Å². The van der Waals surface area contributed by atoms with Crippen LogP contribution in [0.2, 0.25) is 0 Å². The Hall–Kier alpha value is -2.63. The molecule has 0 aliphatic heterocycles. The van der Waals surface area contributed by atoms with E-state index < -0.39 is 5.97 Å². The van der Waals surface area contributed by atoms with Crippen molar-refractivity contribution in [1.82, 2.24) is 9.78 Å². The minimum absolute atomic E-state index is 0.225. The van der Waals surface area contributed by atoms with Crippen LogP contribution in [-0.2, 0) is 17.8 Å². The van der Waals surface area contributed by atoms with Crippen LogP contribution in [-0.4, -0.2) is 26.8 Å². The number of carbonyl (C=O) groups is 2. The molecule has 2 N–H and O–H groups in total. The molecule has 0 aliphatic carbocycles. The molecule has 2 rings (SSSR count). The lowest BCUT2D eigenvalue weighted by molar-refractivity contribution is -0.137. The Morgan fingerprint density at radius 2 is 2.10 bits per heavy atom. The fourth-order valence-electron chi connectivity index (χ4n) is 1.90. The largest absolute Gasteiger partial charge is 0.480 e. The van der Waals surface area contributed by atoms with Crippen molar-refractivity contribution in [3.8, 4) is 0 Å². The third-order valence-electron chi connectivity index (χ3n) is 2.83. The van der Waals surface area contributed by atoms with Crippen molar-refractivity contribution in [2.45, 2.75) is 19.9 Å². The highest BCUT2D eigenvalue weighted by Crippen LogP contribution is 2.13. The number of aryl methyl sites for hydroxylation is 1. The Morgan fingerprint density at radius 3 is 2.80 bits per heavy atom. The number of nitrogens with zero attached hydrogens (tertiary/aromatic N) is 2. The third kappa shape index (κ3) is 3.23. The van der Waals surface area contributed by atoms with Gasteiger partial charge in [0.05, 0.1) is 11.9 Å². The van der Waals surface area contributed by atoms with Crippen molar-refractivity contribution in [2.24, 2.45) is 0 Å². The first-order valence-corrected chi connectivity index (χ1v) is 6.23. The van der Waals surface area contributed by atoms with E-state index >= 15 is 0 Å². The maximum atomic E-state index is 12.2. The zero-order valence-corrected chi connectivity index (χ0v) is 11.0. The number of rotatable bonds is 5. The summed E-state index contributed by atoms with van der Waals surface area (Å²) in [6, 6.07) is 7.36. The molecule has 104 valence electrons. The van der Waals surface area contributed by atoms with E-state index in [0.717, 1.165) is 12.0 Å². The van der Waals surface area contributed by atoms with Gasteiger partial charge in [0.25, 0.3) is 5.91 Å². The van der Waals surface area contributed by atoms with Crippen LogP contribution in [0, 0.1) is 0 Å². The van der Waals surface area contributed by atoms with Crippen molar-refractivity contribution < 1.29 is 14.7 Å². The minimum Gasteiger partial charge on any atom is -0.480 e. The molecule has 0 aliphatic rings. The second-order valence-electron chi connectivity index (χ2n) is 4.29. The molecule has 6 nitrogen and oxygen atoms in total. The van der Waals surface area contributed by atoms with Crippen LogP contribution in [0.4, 0.5) is 5.69 Å². The van der Waals surface area contributed by atoms with Crippen LogP contribution in [0.5, 0.6) is 0 Å². The lowest BCUT2D eigenvalue weighted by atomic mass is 10.0. The number of aromatic nitrogens is 2. The van der Waals surface area contributed by atoms with Crippen LogP contribution in [0.1, 0.15) is 22.8 Å². The van der Waals surface area contributed by atoms with Gasteiger partial charge in [-0.15, -0.1) is 0 Å². The number of aliphatic carboxylic acids is 1. The van der Waals surface area contributed by atoms with E-state index in [2.05, 4.69) is 10.4 Å². The van der Waals surface area contributed by atoms with Gasteiger partial charge in [0.2, 0.25) is 0 Å². The molecule has 0 radical (unpaired) electrons. The maximum absolute atomic E-state index is 12.2. The highest BCUT2D eigenvalue weighted by Gasteiger charge is 2.11. The Bertz CT molecular complexity index is 634. The number of carboxylic acid groups (broad SMARTS) is 1. The van der Waals surface area contributed by atoms with Crippen molar-refractivity contribution >= 4 is 17.6 Å². The van der Waals surface area contributed by atoms with Gasteiger partial charge in [-0.1, -0.05) is 25.1 Å². The fourth-order valence-corrected chi connectivity index (χ4v) is 1.90. The van der Waals surface area contributed by atoms with E-state index in [0.29, 0.717) is 11.3 Å². The molecule has 2 aromatic rings. The normalized spacial score (nSPS) is 10.2. The molecule has 1 aromatic heterocycles. The van der Waals surface area contributed by atoms with E-state index in [1.54, 1.807) is 6.07 Å². The summed E-state index contributed by atoms with van der Waals surface area (Å²) in [6.07, 6.45) is 3.68. The van der Waals surface area contributed by atoms with E-state index in [1.807, 2.05) is 25.1 Å². The first kappa shape index (κ1) is 13.8. The molecule has 1 amide bonds. The first-order chi connectivity index (χ1) is 9.60. The van der Waals surface area contributed by atoms with Crippen LogP contribution in [0.3, 0.4) is 0 Å². The van der Waals surface area contributed by atoms with Gasteiger partial charge in [-0.3, -0.25) is 14.3 Å². The molecule has 0 saturated carbocycles. The van der Waals surface area contributed by atoms with Crippen LogP contribution < -0.4 is 5.32 Å². The highest BCUT2D eigenvalue weighted by atomic mass is 16.4. The Morgan fingerprint density at radius 1 is 1.35 bits per heavy atom. The lowest BCUT2D eigenvalue weighted by Gasteiger charge is -2.07. The predicted molar refractivity (Wildman–Crippen MR) is 73.6 cm³/mol. The molecule has 1 aromatic carbocycles. The van der Waals surface area contributed by atoms with Gasteiger partial charge in [0.15, 0.2) is 0 Å². The van der Waals surface area contributed by atoms with Crippen LogP contribution in [0.15, 0.2) is 36.7 Å². The minimum atomic E-state index is -0.984. The number of nitrogens with one attached hydrogen (secondary N) is 1. The van der Waals surface area contributed by atoms with Crippen LogP contribution in [0.25, 0.3) is 0 Å². The molecular formula is C14H15N3O3. The standard InChI is InChI=1S/C14H15N3O3/c1-2-10-5-3-4-6-12(10)14(20)16-11-7-15-17(8-11)9-13(18)19/h3-8H,2,9H2,1H3,(H,16,20)(H,18,19). The summed E-state index contributed by atoms with van der Waals surface area (Å²) in [7, 11) is 0. The van der Waals surface area contributed by atoms with Gasteiger partial charge in [-0.2, -0.15) is 5.10 Å². The number of anilines is 1. The monoisotopic (exact) mass is 273 g/mol. The molecule has 0 bridgehead atoms. The molecule has 0 fully saturated rings. The van der Waals surface area contributed by atoms with Crippen molar-refractivity contribution in [3.63, 3.8) is 0 Å². The molecule has 0 saturated heterocycles. The Labute approximate surface area is 116 Å². The molecule has 20 heavy (non-hydrogen) atoms. The predicted octanol–water partition coefficient (Wildman–Crippen LogP) is 1.78. The van der Waals surface area contributed by atoms with Crippen molar-refractivity contribution in [3.05, 3.63) is 47.8 Å². The molecule has 1 heterocycles. The van der Waals surface area contributed by atoms with Gasteiger partial charge in [-0.25, -0.2) is 0 Å². The highest BCUT2D eigenvalue weighted by molar-refractivity contribution is 6.05. The summed E-state index contributed by atoms with van der Waals surface area (Å²) in [4.78, 5) is 22.7. The molecule has 0 unspecified atom stereocenters. The summed E-state index contributed by atoms with van der Waals surface area (Å²) in [5.41, 5.74) is 2.05. The fraction of sp³-hybridized carbons (Fsp3) is 0.214. The molecule has 0 spiro atoms. The average Bonchev–Trinajstić information content (AvgIpc) is 2.85. The SMILES string of the molecule is CCc1ccccc1C(=O)Nc1cnn(CC(=O)O)c1. The molecule has 0 atom stereocenters. The van der Waals surface area contributed by atoms with Crippen LogP contribution >= 0.6 is 0 Å². The smallest absolute Gasteiger partial charge is 0.325 e. The summed E-state index contributed by atoms with van der Waals surface area (Å²) in [5.74, 6) is -1.21. The lowest BCUT2D eigenvalue weighted by Crippen LogP contribution is -2.14. The number of benzene rings is 1. The van der Waals surface area contributed by atoms with E-state index in [1.165, 1.54) is 17.1 Å². The second-order valence-corrected chi connectivity index (χ2v) is 4.29. The van der Waals surface area contributed by atoms with Crippen molar-refractivity contribution in [2.75, 3.05) is 5.32 Å². The number of hydrogen-bond acceptors (Lipinski definition) is 3. The zero-order chi connectivity index (χ0) is 14.5. The van der Waals surface area contributed by atoms with Gasteiger partial charge in [0, 0.05) is 11.8 Å². The average molecular weight is 273 g/mol. The summed E-state index contributed by atoms with van der Waals surface area (Å²) in [6.45, 7) is 1.75. The third-order valence-corrected chi connectivity index (χ3v) is 2.83. The number of carbonyl (C=O) groups excluding carboxylic acids is 1. The zero-order valence-electron chi connectivity index (χ0n) is 11.0. The first-order valence-electron chi connectivity index (χ1n) is 6.23. The van der Waals surface area contributed by atoms with E-state index in [4.69, 9.17) is 5.11 Å². The number of carboxylic acids is 1. The Balaban J connectivity index is 2.11. The van der Waals surface area contributed by atoms with Crippen molar-refractivity contribution in [1.29, 1.82) is 0 Å². The van der Waals surface area contributed by atoms with Gasteiger partial charge < -0.3 is 10.4 Å².